The first-order valence-electron chi connectivity index (χ1n) is 10.7. The van der Waals surface area contributed by atoms with E-state index in [1.807, 2.05) is 66.7 Å². The van der Waals surface area contributed by atoms with E-state index in [0.717, 1.165) is 35.2 Å². The summed E-state index contributed by atoms with van der Waals surface area (Å²) in [4.78, 5) is 25.4. The number of urea groups is 1. The van der Waals surface area contributed by atoms with E-state index in [9.17, 15) is 9.59 Å². The fraction of sp³-hybridized carbons (Fsp3) is 0.231. The highest BCUT2D eigenvalue weighted by molar-refractivity contribution is 5.92. The molecule has 0 atom stereocenters. The molecule has 3 aromatic rings. The van der Waals surface area contributed by atoms with E-state index in [0.29, 0.717) is 13.0 Å². The number of carbonyl (C=O) groups excluding carboxylic acids is 2. The standard InChI is InChI=1S/C26H29N3O3/c1-29(26(31)27-18-6-9-20-7-3-2-4-8-20)24-11-5-10-23(19-24)22-15-12-21(13-16-22)14-17-25(30)28-32/h2-5,7-8,10-13,15-16,19,32H,6,9,14,17-18H2,1H3,(H,27,31)(H,28,30). The number of nitrogens with one attached hydrogen (secondary N) is 2. The van der Waals surface area contributed by atoms with Crippen molar-refractivity contribution in [2.75, 3.05) is 18.5 Å². The number of hydrogen-bond donors (Lipinski definition) is 3. The third kappa shape index (κ3) is 6.68. The summed E-state index contributed by atoms with van der Waals surface area (Å²) >= 11 is 0. The highest BCUT2D eigenvalue weighted by Crippen LogP contribution is 2.25. The molecule has 6 nitrogen and oxygen atoms in total. The van der Waals surface area contributed by atoms with Crippen LogP contribution in [0.4, 0.5) is 10.5 Å². The quantitative estimate of drug-likeness (QED) is 0.264. The molecule has 3 amide bonds. The Hall–Kier alpha value is -3.64. The Morgan fingerprint density at radius 3 is 2.28 bits per heavy atom. The topological polar surface area (TPSA) is 81.7 Å². The number of aryl methyl sites for hydroxylation is 2. The Morgan fingerprint density at radius 1 is 0.844 bits per heavy atom. The average molecular weight is 432 g/mol. The lowest BCUT2D eigenvalue weighted by Gasteiger charge is -2.19. The first kappa shape index (κ1) is 23.0. The molecule has 0 saturated carbocycles. The Labute approximate surface area is 188 Å². The van der Waals surface area contributed by atoms with Crippen molar-refractivity contribution in [2.24, 2.45) is 0 Å². The van der Waals surface area contributed by atoms with Gasteiger partial charge >= 0.3 is 6.03 Å². The van der Waals surface area contributed by atoms with Crippen molar-refractivity contribution in [1.82, 2.24) is 10.8 Å². The van der Waals surface area contributed by atoms with Crippen LogP contribution in [0.2, 0.25) is 0 Å². The molecule has 32 heavy (non-hydrogen) atoms. The van der Waals surface area contributed by atoms with Crippen molar-refractivity contribution in [2.45, 2.75) is 25.7 Å². The molecule has 0 spiro atoms. The maximum atomic E-state index is 12.6. The van der Waals surface area contributed by atoms with E-state index < -0.39 is 5.91 Å². The third-order valence-electron chi connectivity index (χ3n) is 5.35. The first-order chi connectivity index (χ1) is 15.6. The monoisotopic (exact) mass is 431 g/mol. The lowest BCUT2D eigenvalue weighted by molar-refractivity contribution is -0.129. The van der Waals surface area contributed by atoms with Gasteiger partial charge in [-0.25, -0.2) is 10.3 Å². The zero-order chi connectivity index (χ0) is 22.8. The van der Waals surface area contributed by atoms with Crippen molar-refractivity contribution in [3.63, 3.8) is 0 Å². The van der Waals surface area contributed by atoms with Crippen LogP contribution < -0.4 is 15.7 Å². The van der Waals surface area contributed by atoms with Crippen LogP contribution in [0.5, 0.6) is 0 Å². The van der Waals surface area contributed by atoms with Crippen molar-refractivity contribution >= 4 is 17.6 Å². The lowest BCUT2D eigenvalue weighted by atomic mass is 10.0. The zero-order valence-electron chi connectivity index (χ0n) is 18.3. The Kier molecular flexibility index (Phi) is 8.40. The van der Waals surface area contributed by atoms with Gasteiger partial charge in [0.1, 0.15) is 0 Å². The smallest absolute Gasteiger partial charge is 0.321 e. The Balaban J connectivity index is 1.54. The number of rotatable bonds is 9. The molecule has 166 valence electrons. The van der Waals surface area contributed by atoms with Crippen LogP contribution in [0.25, 0.3) is 11.1 Å². The molecule has 6 heteroatoms. The highest BCUT2D eigenvalue weighted by atomic mass is 16.5. The lowest BCUT2D eigenvalue weighted by Crippen LogP contribution is -2.37. The number of anilines is 1. The van der Waals surface area contributed by atoms with E-state index in [-0.39, 0.29) is 12.5 Å². The van der Waals surface area contributed by atoms with Gasteiger partial charge in [0.2, 0.25) is 5.91 Å². The van der Waals surface area contributed by atoms with Crippen LogP contribution in [-0.2, 0) is 17.6 Å². The van der Waals surface area contributed by atoms with Gasteiger partial charge in [-0.1, -0.05) is 66.7 Å². The molecular formula is C26H29N3O3. The van der Waals surface area contributed by atoms with Gasteiger partial charge in [-0.2, -0.15) is 0 Å². The minimum absolute atomic E-state index is 0.132. The first-order valence-corrected chi connectivity index (χ1v) is 10.7. The number of nitrogens with zero attached hydrogens (tertiary/aromatic N) is 1. The van der Waals surface area contributed by atoms with Crippen molar-refractivity contribution in [3.8, 4) is 11.1 Å². The molecule has 0 fully saturated rings. The largest absolute Gasteiger partial charge is 0.338 e. The molecule has 0 saturated heterocycles. The van der Waals surface area contributed by atoms with Gasteiger partial charge in [0.15, 0.2) is 0 Å². The molecule has 0 heterocycles. The van der Waals surface area contributed by atoms with E-state index in [2.05, 4.69) is 17.4 Å². The van der Waals surface area contributed by atoms with Crippen LogP contribution in [-0.4, -0.2) is 30.7 Å². The van der Waals surface area contributed by atoms with Crippen LogP contribution in [0, 0.1) is 0 Å². The van der Waals surface area contributed by atoms with Gasteiger partial charge in [0.05, 0.1) is 0 Å². The second kappa shape index (κ2) is 11.7. The summed E-state index contributed by atoms with van der Waals surface area (Å²) in [5.41, 5.74) is 6.77. The predicted molar refractivity (Wildman–Crippen MR) is 127 cm³/mol. The molecule has 0 aromatic heterocycles. The van der Waals surface area contributed by atoms with Crippen LogP contribution in [0.3, 0.4) is 0 Å². The summed E-state index contributed by atoms with van der Waals surface area (Å²) in [7, 11) is 1.76. The highest BCUT2D eigenvalue weighted by Gasteiger charge is 2.11. The molecule has 3 aromatic carbocycles. The molecule has 0 bridgehead atoms. The average Bonchev–Trinajstić information content (AvgIpc) is 2.85. The SMILES string of the molecule is CN(C(=O)NCCCc1ccccc1)c1cccc(-c2ccc(CCC(=O)NO)cc2)c1. The molecule has 0 radical (unpaired) electrons. The summed E-state index contributed by atoms with van der Waals surface area (Å²) < 4.78 is 0. The second-order valence-corrected chi connectivity index (χ2v) is 7.66. The fourth-order valence-corrected chi connectivity index (χ4v) is 3.44. The molecule has 0 unspecified atom stereocenters. The molecule has 0 aliphatic heterocycles. The van der Waals surface area contributed by atoms with E-state index in [4.69, 9.17) is 5.21 Å². The summed E-state index contributed by atoms with van der Waals surface area (Å²) in [6.07, 6.45) is 2.60. The van der Waals surface area contributed by atoms with Gasteiger partial charge in [-0.05, 0) is 53.6 Å². The maximum absolute atomic E-state index is 12.6. The fourth-order valence-electron chi connectivity index (χ4n) is 3.44. The Bertz CT molecular complexity index is 1020. The summed E-state index contributed by atoms with van der Waals surface area (Å²) in [5, 5.41) is 11.6. The summed E-state index contributed by atoms with van der Waals surface area (Å²) in [6.45, 7) is 0.619. The van der Waals surface area contributed by atoms with Crippen molar-refractivity contribution < 1.29 is 14.8 Å². The van der Waals surface area contributed by atoms with Gasteiger partial charge in [-0.15, -0.1) is 0 Å². The number of carbonyl (C=O) groups is 2. The van der Waals surface area contributed by atoms with Gasteiger partial charge < -0.3 is 5.32 Å². The maximum Gasteiger partial charge on any atom is 0.321 e. The predicted octanol–water partition coefficient (Wildman–Crippen LogP) is 4.57. The van der Waals surface area contributed by atoms with Crippen molar-refractivity contribution in [1.29, 1.82) is 0 Å². The second-order valence-electron chi connectivity index (χ2n) is 7.66. The molecular weight excluding hydrogens is 402 g/mol. The number of benzene rings is 3. The van der Waals surface area contributed by atoms with Gasteiger partial charge in [0.25, 0.3) is 0 Å². The van der Waals surface area contributed by atoms with Gasteiger partial charge in [0, 0.05) is 25.7 Å². The van der Waals surface area contributed by atoms with E-state index in [1.54, 1.807) is 17.4 Å². The summed E-state index contributed by atoms with van der Waals surface area (Å²) in [6, 6.07) is 25.9. The molecule has 0 aliphatic rings. The van der Waals surface area contributed by atoms with E-state index in [1.165, 1.54) is 5.56 Å². The van der Waals surface area contributed by atoms with Crippen LogP contribution in [0.1, 0.15) is 24.0 Å². The molecule has 0 aliphatic carbocycles. The number of amides is 3. The molecule has 3 N–H and O–H groups in total. The minimum Gasteiger partial charge on any atom is -0.338 e. The van der Waals surface area contributed by atoms with Gasteiger partial charge in [-0.3, -0.25) is 14.9 Å². The minimum atomic E-state index is -0.400. The molecule has 3 rings (SSSR count). The zero-order valence-corrected chi connectivity index (χ0v) is 18.3. The van der Waals surface area contributed by atoms with Crippen LogP contribution >= 0.6 is 0 Å². The van der Waals surface area contributed by atoms with E-state index >= 15 is 0 Å². The summed E-state index contributed by atoms with van der Waals surface area (Å²) in [5.74, 6) is -0.400. The third-order valence-corrected chi connectivity index (χ3v) is 5.35. The van der Waals surface area contributed by atoms with Crippen LogP contribution in [0.15, 0.2) is 78.9 Å². The number of hydroxylamine groups is 1. The Morgan fingerprint density at radius 2 is 1.56 bits per heavy atom. The number of hydrogen-bond acceptors (Lipinski definition) is 3. The van der Waals surface area contributed by atoms with Crippen molar-refractivity contribution in [3.05, 3.63) is 90.0 Å². The normalized spacial score (nSPS) is 10.4.